The summed E-state index contributed by atoms with van der Waals surface area (Å²) in [5.74, 6) is -0.418. The first-order valence-electron chi connectivity index (χ1n) is 14.1. The number of halogens is 3. The SMILES string of the molecule is CC(C)(C)OC(=O)c1ccc(C2CCC(NC(=O)[C@H]3CCCN3C(=O)CNc3ccc(C(F)(F)F)cc3)CC2)cc1. The van der Waals surface area contributed by atoms with Gasteiger partial charge in [-0.25, -0.2) is 4.79 Å². The largest absolute Gasteiger partial charge is 0.456 e. The molecule has 1 saturated carbocycles. The molecule has 2 fully saturated rings. The molecule has 41 heavy (non-hydrogen) atoms. The number of carbonyl (C=O) groups excluding carboxylic acids is 3. The normalized spacial score (nSPS) is 21.3. The van der Waals surface area contributed by atoms with E-state index in [2.05, 4.69) is 10.6 Å². The Morgan fingerprint density at radius 3 is 2.12 bits per heavy atom. The van der Waals surface area contributed by atoms with Crippen molar-refractivity contribution in [1.29, 1.82) is 0 Å². The molecule has 0 radical (unpaired) electrons. The summed E-state index contributed by atoms with van der Waals surface area (Å²) < 4.78 is 43.7. The summed E-state index contributed by atoms with van der Waals surface area (Å²) in [6.45, 7) is 5.87. The number of ether oxygens (including phenoxy) is 1. The predicted octanol–water partition coefficient (Wildman–Crippen LogP) is 5.91. The van der Waals surface area contributed by atoms with Crippen LogP contribution in [0.1, 0.15) is 86.7 Å². The van der Waals surface area contributed by atoms with Crippen LogP contribution in [0.5, 0.6) is 0 Å². The van der Waals surface area contributed by atoms with Gasteiger partial charge in [-0.05, 0) is 107 Å². The number of alkyl halides is 3. The average Bonchev–Trinajstić information content (AvgIpc) is 3.42. The summed E-state index contributed by atoms with van der Waals surface area (Å²) in [7, 11) is 0. The highest BCUT2D eigenvalue weighted by Crippen LogP contribution is 2.34. The first kappa shape index (κ1) is 30.4. The minimum atomic E-state index is -4.42. The van der Waals surface area contributed by atoms with Crippen LogP contribution in [0.2, 0.25) is 0 Å². The first-order chi connectivity index (χ1) is 19.3. The number of esters is 1. The van der Waals surface area contributed by atoms with Gasteiger partial charge in [0, 0.05) is 18.3 Å². The molecule has 7 nitrogen and oxygen atoms in total. The van der Waals surface area contributed by atoms with Gasteiger partial charge in [-0.2, -0.15) is 13.2 Å². The van der Waals surface area contributed by atoms with E-state index >= 15 is 0 Å². The molecule has 2 aromatic carbocycles. The molecule has 1 aliphatic carbocycles. The van der Waals surface area contributed by atoms with Gasteiger partial charge in [0.05, 0.1) is 17.7 Å². The Bertz CT molecular complexity index is 1220. The van der Waals surface area contributed by atoms with E-state index in [0.29, 0.717) is 30.1 Å². The van der Waals surface area contributed by atoms with Crippen molar-refractivity contribution in [1.82, 2.24) is 10.2 Å². The zero-order valence-electron chi connectivity index (χ0n) is 23.7. The number of rotatable bonds is 7. The average molecular weight is 574 g/mol. The van der Waals surface area contributed by atoms with Crippen LogP contribution >= 0.6 is 0 Å². The summed E-state index contributed by atoms with van der Waals surface area (Å²) >= 11 is 0. The Hall–Kier alpha value is -3.56. The molecule has 1 aliphatic heterocycles. The van der Waals surface area contributed by atoms with Crippen LogP contribution in [-0.4, -0.2) is 53.5 Å². The number of likely N-dealkylation sites (tertiary alicyclic amines) is 1. The van der Waals surface area contributed by atoms with E-state index < -0.39 is 23.4 Å². The molecule has 222 valence electrons. The summed E-state index contributed by atoms with van der Waals surface area (Å²) in [5, 5.41) is 6.00. The van der Waals surface area contributed by atoms with E-state index in [-0.39, 0.29) is 30.4 Å². The summed E-state index contributed by atoms with van der Waals surface area (Å²) in [4.78, 5) is 39.8. The van der Waals surface area contributed by atoms with Crippen LogP contribution in [0.3, 0.4) is 0 Å². The maximum Gasteiger partial charge on any atom is 0.416 e. The predicted molar refractivity (Wildman–Crippen MR) is 149 cm³/mol. The third-order valence-electron chi connectivity index (χ3n) is 7.62. The van der Waals surface area contributed by atoms with Gasteiger partial charge in [-0.15, -0.1) is 0 Å². The van der Waals surface area contributed by atoms with E-state index in [0.717, 1.165) is 49.8 Å². The van der Waals surface area contributed by atoms with Crippen LogP contribution in [0, 0.1) is 0 Å². The Morgan fingerprint density at radius 2 is 1.54 bits per heavy atom. The number of amides is 2. The maximum atomic E-state index is 13.1. The lowest BCUT2D eigenvalue weighted by molar-refractivity contribution is -0.137. The van der Waals surface area contributed by atoms with E-state index in [1.807, 2.05) is 32.9 Å². The molecular formula is C31H38F3N3O4. The fourth-order valence-corrected chi connectivity index (χ4v) is 5.49. The molecule has 0 bridgehead atoms. The standard InChI is InChI=1S/C31H38F3N3O4/c1-30(2,3)41-29(40)22-8-6-20(7-9-22)21-10-14-25(15-11-21)36-28(39)26-5-4-18-37(26)27(38)19-35-24-16-12-23(13-17-24)31(32,33)34/h6-9,12-13,16-17,21,25-26,35H,4-5,10-11,14-15,18-19H2,1-3H3,(H,36,39)/t21?,25?,26-/m1/s1. The van der Waals surface area contributed by atoms with Gasteiger partial charge < -0.3 is 20.3 Å². The van der Waals surface area contributed by atoms with Gasteiger partial charge in [-0.1, -0.05) is 12.1 Å². The van der Waals surface area contributed by atoms with Crippen LogP contribution in [0.15, 0.2) is 48.5 Å². The molecule has 0 aromatic heterocycles. The Balaban J connectivity index is 1.23. The second kappa shape index (κ2) is 12.5. The second-order valence-corrected chi connectivity index (χ2v) is 11.9. The van der Waals surface area contributed by atoms with Gasteiger partial charge in [0.25, 0.3) is 0 Å². The Labute approximate surface area is 238 Å². The van der Waals surface area contributed by atoms with Gasteiger partial charge in [0.2, 0.25) is 11.8 Å². The molecule has 1 saturated heterocycles. The fourth-order valence-electron chi connectivity index (χ4n) is 5.49. The number of hydrogen-bond donors (Lipinski definition) is 2. The third-order valence-corrected chi connectivity index (χ3v) is 7.62. The Kier molecular flexibility index (Phi) is 9.29. The van der Waals surface area contributed by atoms with Crippen LogP contribution < -0.4 is 10.6 Å². The molecule has 4 rings (SSSR count). The minimum Gasteiger partial charge on any atom is -0.456 e. The lowest BCUT2D eigenvalue weighted by Gasteiger charge is -2.31. The van der Waals surface area contributed by atoms with Crippen molar-refractivity contribution in [3.8, 4) is 0 Å². The number of benzene rings is 2. The topological polar surface area (TPSA) is 87.7 Å². The lowest BCUT2D eigenvalue weighted by atomic mass is 9.81. The van der Waals surface area contributed by atoms with Crippen molar-refractivity contribution in [2.24, 2.45) is 0 Å². The quantitative estimate of drug-likeness (QED) is 0.403. The number of nitrogens with one attached hydrogen (secondary N) is 2. The van der Waals surface area contributed by atoms with Crippen molar-refractivity contribution in [2.45, 2.75) is 89.1 Å². The van der Waals surface area contributed by atoms with Crippen LogP contribution in [-0.2, 0) is 20.5 Å². The summed E-state index contributed by atoms with van der Waals surface area (Å²) in [6.07, 6.45) is 0.328. The smallest absolute Gasteiger partial charge is 0.416 e. The highest BCUT2D eigenvalue weighted by molar-refractivity contribution is 5.90. The second-order valence-electron chi connectivity index (χ2n) is 11.9. The maximum absolute atomic E-state index is 13.1. The fraction of sp³-hybridized carbons (Fsp3) is 0.516. The van der Waals surface area contributed by atoms with Gasteiger partial charge in [0.15, 0.2) is 0 Å². The molecule has 2 amide bonds. The van der Waals surface area contributed by atoms with Gasteiger partial charge in [0.1, 0.15) is 11.6 Å². The highest BCUT2D eigenvalue weighted by Gasteiger charge is 2.35. The molecule has 0 spiro atoms. The monoisotopic (exact) mass is 573 g/mol. The zero-order valence-corrected chi connectivity index (χ0v) is 23.7. The molecule has 2 aliphatic rings. The van der Waals surface area contributed by atoms with E-state index in [1.165, 1.54) is 12.1 Å². The number of anilines is 1. The van der Waals surface area contributed by atoms with Crippen molar-refractivity contribution >= 4 is 23.5 Å². The zero-order chi connectivity index (χ0) is 29.8. The molecule has 2 aromatic rings. The molecule has 1 heterocycles. The minimum absolute atomic E-state index is 0.0302. The Morgan fingerprint density at radius 1 is 0.902 bits per heavy atom. The van der Waals surface area contributed by atoms with Crippen LogP contribution in [0.25, 0.3) is 0 Å². The van der Waals surface area contributed by atoms with Crippen LogP contribution in [0.4, 0.5) is 18.9 Å². The molecule has 0 unspecified atom stereocenters. The summed E-state index contributed by atoms with van der Waals surface area (Å²) in [5.41, 5.74) is 0.789. The number of nitrogens with zero attached hydrogens (tertiary/aromatic N) is 1. The number of carbonyl (C=O) groups is 3. The third kappa shape index (κ3) is 8.24. The van der Waals surface area contributed by atoms with Gasteiger partial charge in [-0.3, -0.25) is 9.59 Å². The number of hydrogen-bond acceptors (Lipinski definition) is 5. The molecule has 10 heteroatoms. The van der Waals surface area contributed by atoms with Crippen molar-refractivity contribution in [3.63, 3.8) is 0 Å². The van der Waals surface area contributed by atoms with Crippen molar-refractivity contribution in [3.05, 3.63) is 65.2 Å². The first-order valence-corrected chi connectivity index (χ1v) is 14.1. The lowest BCUT2D eigenvalue weighted by Crippen LogP contribution is -2.50. The van der Waals surface area contributed by atoms with E-state index in [1.54, 1.807) is 17.0 Å². The molecule has 1 atom stereocenters. The van der Waals surface area contributed by atoms with Crippen molar-refractivity contribution in [2.75, 3.05) is 18.4 Å². The van der Waals surface area contributed by atoms with Crippen molar-refractivity contribution < 1.29 is 32.3 Å². The molecule has 2 N–H and O–H groups in total. The molecular weight excluding hydrogens is 535 g/mol. The van der Waals surface area contributed by atoms with E-state index in [9.17, 15) is 27.6 Å². The van der Waals surface area contributed by atoms with E-state index in [4.69, 9.17) is 4.74 Å². The van der Waals surface area contributed by atoms with Gasteiger partial charge >= 0.3 is 12.1 Å². The highest BCUT2D eigenvalue weighted by atomic mass is 19.4. The summed E-state index contributed by atoms with van der Waals surface area (Å²) in [6, 6.07) is 11.5.